The van der Waals surface area contributed by atoms with Crippen molar-refractivity contribution in [3.63, 3.8) is 0 Å². The van der Waals surface area contributed by atoms with Gasteiger partial charge in [-0.25, -0.2) is 9.78 Å². The highest BCUT2D eigenvalue weighted by Crippen LogP contribution is 2.28. The van der Waals surface area contributed by atoms with Gasteiger partial charge in [-0.3, -0.25) is 0 Å². The molecular formula is C9H11F3N2O2S. The van der Waals surface area contributed by atoms with E-state index in [1.165, 1.54) is 6.92 Å². The number of nitrogens with zero attached hydrogens (tertiary/aromatic N) is 2. The monoisotopic (exact) mass is 268 g/mol. The Morgan fingerprint density at radius 3 is 2.47 bits per heavy atom. The Labute approximate surface area is 99.7 Å². The minimum Gasteiger partial charge on any atom is -0.477 e. The maximum atomic E-state index is 12.3. The highest BCUT2D eigenvalue weighted by Gasteiger charge is 2.32. The van der Waals surface area contributed by atoms with E-state index in [1.54, 1.807) is 6.92 Å². The molecule has 0 fully saturated rings. The molecule has 0 unspecified atom stereocenters. The van der Waals surface area contributed by atoms with Gasteiger partial charge in [-0.2, -0.15) is 13.2 Å². The molecule has 1 aromatic heterocycles. The molecule has 0 aromatic carbocycles. The lowest BCUT2D eigenvalue weighted by Gasteiger charge is -2.21. The van der Waals surface area contributed by atoms with Crippen LogP contribution in [0.1, 0.15) is 22.3 Å². The first-order chi connectivity index (χ1) is 7.74. The fourth-order valence-electron chi connectivity index (χ4n) is 1.25. The van der Waals surface area contributed by atoms with Gasteiger partial charge in [-0.05, 0) is 13.8 Å². The Hall–Kier alpha value is -1.31. The van der Waals surface area contributed by atoms with E-state index in [2.05, 4.69) is 4.98 Å². The van der Waals surface area contributed by atoms with Crippen LogP contribution >= 0.6 is 11.3 Å². The molecule has 8 heteroatoms. The van der Waals surface area contributed by atoms with Crippen molar-refractivity contribution >= 4 is 22.4 Å². The van der Waals surface area contributed by atoms with Crippen molar-refractivity contribution < 1.29 is 23.1 Å². The summed E-state index contributed by atoms with van der Waals surface area (Å²) in [6.07, 6.45) is -4.33. The van der Waals surface area contributed by atoms with Gasteiger partial charge in [-0.1, -0.05) is 11.3 Å². The number of alkyl halides is 3. The number of hydrogen-bond acceptors (Lipinski definition) is 4. The number of aromatic carboxylic acids is 1. The molecule has 0 saturated carbocycles. The summed E-state index contributed by atoms with van der Waals surface area (Å²) in [4.78, 5) is 15.6. The molecule has 0 radical (unpaired) electrons. The zero-order valence-electron chi connectivity index (χ0n) is 9.21. The van der Waals surface area contributed by atoms with Crippen molar-refractivity contribution in [3.05, 3.63) is 10.6 Å². The van der Waals surface area contributed by atoms with Crippen LogP contribution in [0.25, 0.3) is 0 Å². The van der Waals surface area contributed by atoms with E-state index in [4.69, 9.17) is 5.11 Å². The van der Waals surface area contributed by atoms with Crippen LogP contribution in [0.2, 0.25) is 0 Å². The van der Waals surface area contributed by atoms with Crippen LogP contribution < -0.4 is 4.90 Å². The summed E-state index contributed by atoms with van der Waals surface area (Å²) >= 11 is 0.756. The minimum absolute atomic E-state index is 0.0272. The van der Waals surface area contributed by atoms with Crippen molar-refractivity contribution in [3.8, 4) is 0 Å². The molecule has 17 heavy (non-hydrogen) atoms. The van der Waals surface area contributed by atoms with Crippen molar-refractivity contribution in [2.45, 2.75) is 20.0 Å². The van der Waals surface area contributed by atoms with Crippen molar-refractivity contribution in [2.24, 2.45) is 0 Å². The van der Waals surface area contributed by atoms with E-state index in [1.807, 2.05) is 0 Å². The maximum Gasteiger partial charge on any atom is 0.406 e. The van der Waals surface area contributed by atoms with E-state index in [0.29, 0.717) is 0 Å². The average molecular weight is 268 g/mol. The van der Waals surface area contributed by atoms with Crippen LogP contribution in [-0.2, 0) is 0 Å². The molecule has 0 saturated heterocycles. The summed E-state index contributed by atoms with van der Waals surface area (Å²) in [7, 11) is 0. The van der Waals surface area contributed by atoms with Gasteiger partial charge in [0, 0.05) is 6.54 Å². The highest BCUT2D eigenvalue weighted by molar-refractivity contribution is 7.17. The molecule has 1 aromatic rings. The fourth-order valence-corrected chi connectivity index (χ4v) is 2.22. The van der Waals surface area contributed by atoms with Crippen LogP contribution in [0.15, 0.2) is 0 Å². The number of anilines is 1. The van der Waals surface area contributed by atoms with Crippen LogP contribution in [0.5, 0.6) is 0 Å². The lowest BCUT2D eigenvalue weighted by molar-refractivity contribution is -0.119. The summed E-state index contributed by atoms with van der Waals surface area (Å²) in [6, 6.07) is 0. The smallest absolute Gasteiger partial charge is 0.406 e. The molecule has 1 N–H and O–H groups in total. The summed E-state index contributed by atoms with van der Waals surface area (Å²) in [5, 5.41) is 8.88. The molecule has 0 aliphatic heterocycles. The lowest BCUT2D eigenvalue weighted by atomic mass is 10.4. The first-order valence-corrected chi connectivity index (χ1v) is 5.58. The topological polar surface area (TPSA) is 53.4 Å². The average Bonchev–Trinajstić information content (AvgIpc) is 2.55. The summed E-state index contributed by atoms with van der Waals surface area (Å²) < 4.78 is 36.8. The van der Waals surface area contributed by atoms with Gasteiger partial charge in [0.15, 0.2) is 5.13 Å². The Kier molecular flexibility index (Phi) is 3.97. The lowest BCUT2D eigenvalue weighted by Crippen LogP contribution is -2.33. The zero-order valence-corrected chi connectivity index (χ0v) is 10.0. The van der Waals surface area contributed by atoms with Crippen molar-refractivity contribution in [1.82, 2.24) is 4.98 Å². The number of thiazole rings is 1. The number of halogens is 3. The standard InChI is InChI=1S/C9H11F3N2O2S/c1-3-14(4-9(10,11)12)8-13-5(2)6(17-8)7(15)16/h3-4H2,1-2H3,(H,15,16). The molecule has 0 atom stereocenters. The van der Waals surface area contributed by atoms with Crippen LogP contribution in [0, 0.1) is 6.92 Å². The van der Waals surface area contributed by atoms with E-state index >= 15 is 0 Å². The van der Waals surface area contributed by atoms with E-state index < -0.39 is 18.7 Å². The molecule has 0 aliphatic carbocycles. The van der Waals surface area contributed by atoms with Gasteiger partial charge >= 0.3 is 12.1 Å². The number of rotatable bonds is 4. The molecule has 0 aliphatic rings. The van der Waals surface area contributed by atoms with E-state index in [-0.39, 0.29) is 22.2 Å². The normalized spacial score (nSPS) is 11.6. The first-order valence-electron chi connectivity index (χ1n) is 4.77. The molecule has 0 bridgehead atoms. The maximum absolute atomic E-state index is 12.3. The zero-order chi connectivity index (χ0) is 13.2. The second kappa shape index (κ2) is 4.91. The third-order valence-electron chi connectivity index (χ3n) is 2.00. The molecule has 1 rings (SSSR count). The molecule has 96 valence electrons. The Bertz CT molecular complexity index is 417. The third-order valence-corrected chi connectivity index (χ3v) is 3.21. The molecule has 0 spiro atoms. The van der Waals surface area contributed by atoms with Gasteiger partial charge in [0.1, 0.15) is 11.4 Å². The van der Waals surface area contributed by atoms with Gasteiger partial charge < -0.3 is 10.0 Å². The second-order valence-electron chi connectivity index (χ2n) is 3.35. The summed E-state index contributed by atoms with van der Waals surface area (Å²) in [5.41, 5.74) is 0.234. The molecule has 1 heterocycles. The van der Waals surface area contributed by atoms with E-state index in [0.717, 1.165) is 16.2 Å². The first kappa shape index (κ1) is 13.8. The van der Waals surface area contributed by atoms with Crippen molar-refractivity contribution in [1.29, 1.82) is 0 Å². The number of aryl methyl sites for hydroxylation is 1. The van der Waals surface area contributed by atoms with Gasteiger partial charge in [0.05, 0.1) is 5.69 Å². The number of aromatic nitrogens is 1. The van der Waals surface area contributed by atoms with Gasteiger partial charge in [0.2, 0.25) is 0 Å². The second-order valence-corrected chi connectivity index (χ2v) is 4.32. The fraction of sp³-hybridized carbons (Fsp3) is 0.556. The number of carbonyl (C=O) groups is 1. The number of carboxylic acid groups (broad SMARTS) is 1. The van der Waals surface area contributed by atoms with Crippen LogP contribution in [0.3, 0.4) is 0 Å². The third kappa shape index (κ3) is 3.58. The number of carboxylic acids is 1. The Morgan fingerprint density at radius 2 is 2.12 bits per heavy atom. The quantitative estimate of drug-likeness (QED) is 0.911. The summed E-state index contributed by atoms with van der Waals surface area (Å²) in [6.45, 7) is 2.01. The largest absolute Gasteiger partial charge is 0.477 e. The SMILES string of the molecule is CCN(CC(F)(F)F)c1nc(C)c(C(=O)O)s1. The van der Waals surface area contributed by atoms with E-state index in [9.17, 15) is 18.0 Å². The molecule has 0 amide bonds. The van der Waals surface area contributed by atoms with Gasteiger partial charge in [-0.15, -0.1) is 0 Å². The Morgan fingerprint density at radius 1 is 1.53 bits per heavy atom. The predicted octanol–water partition coefficient (Wildman–Crippen LogP) is 2.54. The minimum atomic E-state index is -4.33. The van der Waals surface area contributed by atoms with Gasteiger partial charge in [0.25, 0.3) is 0 Å². The summed E-state index contributed by atoms with van der Waals surface area (Å²) in [5.74, 6) is -1.17. The molecule has 4 nitrogen and oxygen atoms in total. The highest BCUT2D eigenvalue weighted by atomic mass is 32.1. The Balaban J connectivity index is 2.97. The predicted molar refractivity (Wildman–Crippen MR) is 57.8 cm³/mol. The van der Waals surface area contributed by atoms with Crippen LogP contribution in [0.4, 0.5) is 18.3 Å². The van der Waals surface area contributed by atoms with Crippen molar-refractivity contribution in [2.75, 3.05) is 18.0 Å². The van der Waals surface area contributed by atoms with Crippen LogP contribution in [-0.4, -0.2) is 35.3 Å². The molecular weight excluding hydrogens is 257 g/mol. The number of hydrogen-bond donors (Lipinski definition) is 1.